The summed E-state index contributed by atoms with van der Waals surface area (Å²) in [6.45, 7) is 3.60. The highest BCUT2D eigenvalue weighted by atomic mass is 16.5. The Morgan fingerprint density at radius 3 is 2.61 bits per heavy atom. The molecule has 4 heteroatoms. The first-order valence-electron chi connectivity index (χ1n) is 7.41. The van der Waals surface area contributed by atoms with Crippen LogP contribution in [0.2, 0.25) is 0 Å². The Kier molecular flexibility index (Phi) is 5.45. The summed E-state index contributed by atoms with van der Waals surface area (Å²) < 4.78 is 5.65. The normalized spacial score (nSPS) is 27.1. The predicted molar refractivity (Wildman–Crippen MR) is 71.5 cm³/mol. The number of rotatable bonds is 5. The molecule has 0 spiro atoms. The number of carbonyl (C=O) groups excluding carboxylic acids is 1. The van der Waals surface area contributed by atoms with Gasteiger partial charge in [0.1, 0.15) is 0 Å². The highest BCUT2D eigenvalue weighted by molar-refractivity contribution is 5.81. The van der Waals surface area contributed by atoms with E-state index >= 15 is 0 Å². The van der Waals surface area contributed by atoms with Crippen molar-refractivity contribution in [2.75, 3.05) is 13.2 Å². The summed E-state index contributed by atoms with van der Waals surface area (Å²) in [5.41, 5.74) is 0. The average molecular weight is 254 g/mol. The molecule has 1 aliphatic heterocycles. The van der Waals surface area contributed by atoms with E-state index in [0.29, 0.717) is 12.1 Å². The maximum Gasteiger partial charge on any atom is 0.237 e. The van der Waals surface area contributed by atoms with Crippen molar-refractivity contribution in [3.63, 3.8) is 0 Å². The topological polar surface area (TPSA) is 50.4 Å². The smallest absolute Gasteiger partial charge is 0.237 e. The van der Waals surface area contributed by atoms with Gasteiger partial charge in [-0.25, -0.2) is 0 Å². The van der Waals surface area contributed by atoms with Crippen LogP contribution in [0.3, 0.4) is 0 Å². The minimum Gasteiger partial charge on any atom is -0.377 e. The molecule has 0 radical (unpaired) electrons. The van der Waals surface area contributed by atoms with E-state index in [1.165, 1.54) is 25.7 Å². The van der Waals surface area contributed by atoms with Crippen LogP contribution in [0, 0.1) is 0 Å². The van der Waals surface area contributed by atoms with Gasteiger partial charge in [-0.2, -0.15) is 0 Å². The molecule has 2 unspecified atom stereocenters. The summed E-state index contributed by atoms with van der Waals surface area (Å²) in [4.78, 5) is 12.0. The second kappa shape index (κ2) is 7.10. The molecule has 2 N–H and O–H groups in total. The van der Waals surface area contributed by atoms with Crippen molar-refractivity contribution < 1.29 is 9.53 Å². The van der Waals surface area contributed by atoms with E-state index in [2.05, 4.69) is 10.6 Å². The number of hydrogen-bond acceptors (Lipinski definition) is 3. The summed E-state index contributed by atoms with van der Waals surface area (Å²) in [6, 6.07) is 0.295. The molecule has 1 amide bonds. The number of carbonyl (C=O) groups is 1. The second-order valence-electron chi connectivity index (χ2n) is 5.61. The Bertz CT molecular complexity index is 259. The fraction of sp³-hybridized carbons (Fsp3) is 0.929. The van der Waals surface area contributed by atoms with Gasteiger partial charge in [0.2, 0.25) is 5.91 Å². The van der Waals surface area contributed by atoms with E-state index in [-0.39, 0.29) is 11.9 Å². The molecule has 2 rings (SSSR count). The SMILES string of the molecule is CC(NCC1CCCCO1)C(=O)NC1CCCC1. The van der Waals surface area contributed by atoms with Crippen LogP contribution in [0.15, 0.2) is 0 Å². The number of nitrogens with one attached hydrogen (secondary N) is 2. The zero-order valence-corrected chi connectivity index (χ0v) is 11.4. The van der Waals surface area contributed by atoms with Gasteiger partial charge in [-0.15, -0.1) is 0 Å². The van der Waals surface area contributed by atoms with Crippen molar-refractivity contribution >= 4 is 5.91 Å². The first kappa shape index (κ1) is 13.8. The molecule has 1 saturated carbocycles. The molecule has 0 aromatic carbocycles. The second-order valence-corrected chi connectivity index (χ2v) is 5.61. The van der Waals surface area contributed by atoms with Gasteiger partial charge >= 0.3 is 0 Å². The van der Waals surface area contributed by atoms with E-state index in [1.807, 2.05) is 6.92 Å². The Morgan fingerprint density at radius 2 is 1.94 bits per heavy atom. The number of hydrogen-bond donors (Lipinski definition) is 2. The molecular formula is C14H26N2O2. The average Bonchev–Trinajstić information content (AvgIpc) is 2.90. The standard InChI is InChI=1S/C14H26N2O2/c1-11(14(17)16-12-6-2-3-7-12)15-10-13-8-4-5-9-18-13/h11-13,15H,2-10H2,1H3,(H,16,17). The van der Waals surface area contributed by atoms with Gasteiger partial charge in [0.05, 0.1) is 12.1 Å². The third-order valence-corrected chi connectivity index (χ3v) is 4.02. The third kappa shape index (κ3) is 4.25. The van der Waals surface area contributed by atoms with E-state index < -0.39 is 0 Å². The van der Waals surface area contributed by atoms with E-state index in [9.17, 15) is 4.79 Å². The summed E-state index contributed by atoms with van der Waals surface area (Å²) in [7, 11) is 0. The molecule has 104 valence electrons. The molecule has 0 bridgehead atoms. The van der Waals surface area contributed by atoms with Crippen molar-refractivity contribution in [3.8, 4) is 0 Å². The molecule has 0 aromatic heterocycles. The monoisotopic (exact) mass is 254 g/mol. The zero-order chi connectivity index (χ0) is 12.8. The first-order chi connectivity index (χ1) is 8.75. The van der Waals surface area contributed by atoms with Gasteiger partial charge < -0.3 is 15.4 Å². The van der Waals surface area contributed by atoms with E-state index in [1.54, 1.807) is 0 Å². The maximum atomic E-state index is 12.0. The molecule has 1 aliphatic carbocycles. The summed E-state index contributed by atoms with van der Waals surface area (Å²) in [5, 5.41) is 6.41. The van der Waals surface area contributed by atoms with Crippen molar-refractivity contribution in [3.05, 3.63) is 0 Å². The van der Waals surface area contributed by atoms with Crippen molar-refractivity contribution in [2.45, 2.75) is 70.1 Å². The van der Waals surface area contributed by atoms with E-state index in [0.717, 1.165) is 32.4 Å². The van der Waals surface area contributed by atoms with Crippen LogP contribution in [0.4, 0.5) is 0 Å². The molecule has 2 aliphatic rings. The van der Waals surface area contributed by atoms with Gasteiger partial charge in [0.25, 0.3) is 0 Å². The van der Waals surface area contributed by atoms with E-state index in [4.69, 9.17) is 4.74 Å². The number of ether oxygens (including phenoxy) is 1. The van der Waals surface area contributed by atoms with Crippen LogP contribution in [0.25, 0.3) is 0 Å². The highest BCUT2D eigenvalue weighted by Gasteiger charge is 2.21. The van der Waals surface area contributed by atoms with Crippen LogP contribution in [0.5, 0.6) is 0 Å². The highest BCUT2D eigenvalue weighted by Crippen LogP contribution is 2.17. The summed E-state index contributed by atoms with van der Waals surface area (Å²) in [5.74, 6) is 0.137. The Labute approximate surface area is 110 Å². The molecule has 0 aromatic rings. The lowest BCUT2D eigenvalue weighted by Crippen LogP contribution is -2.47. The summed E-state index contributed by atoms with van der Waals surface area (Å²) in [6.07, 6.45) is 8.62. The minimum atomic E-state index is -0.115. The van der Waals surface area contributed by atoms with Crippen LogP contribution < -0.4 is 10.6 Å². The van der Waals surface area contributed by atoms with Crippen molar-refractivity contribution in [1.82, 2.24) is 10.6 Å². The fourth-order valence-electron chi connectivity index (χ4n) is 2.77. The molecule has 1 saturated heterocycles. The molecule has 4 nitrogen and oxygen atoms in total. The van der Waals surface area contributed by atoms with Crippen molar-refractivity contribution in [2.24, 2.45) is 0 Å². The number of amides is 1. The van der Waals surface area contributed by atoms with Crippen LogP contribution >= 0.6 is 0 Å². The lowest BCUT2D eigenvalue weighted by molar-refractivity contribution is -0.123. The predicted octanol–water partition coefficient (Wildman–Crippen LogP) is 1.59. The quantitative estimate of drug-likeness (QED) is 0.783. The van der Waals surface area contributed by atoms with Crippen molar-refractivity contribution in [1.29, 1.82) is 0 Å². The minimum absolute atomic E-state index is 0.115. The molecule has 18 heavy (non-hydrogen) atoms. The van der Waals surface area contributed by atoms with Gasteiger partial charge in [-0.1, -0.05) is 12.8 Å². The summed E-state index contributed by atoms with van der Waals surface area (Å²) >= 11 is 0. The Balaban J connectivity index is 1.63. The third-order valence-electron chi connectivity index (χ3n) is 4.02. The lowest BCUT2D eigenvalue weighted by Gasteiger charge is -2.25. The van der Waals surface area contributed by atoms with Gasteiger partial charge in [0.15, 0.2) is 0 Å². The Hall–Kier alpha value is -0.610. The van der Waals surface area contributed by atoms with Gasteiger partial charge in [-0.3, -0.25) is 4.79 Å². The first-order valence-corrected chi connectivity index (χ1v) is 7.41. The van der Waals surface area contributed by atoms with Crippen LogP contribution in [-0.4, -0.2) is 37.2 Å². The Morgan fingerprint density at radius 1 is 1.22 bits per heavy atom. The molecule has 2 atom stereocenters. The van der Waals surface area contributed by atoms with Gasteiger partial charge in [-0.05, 0) is 39.0 Å². The molecule has 1 heterocycles. The largest absolute Gasteiger partial charge is 0.377 e. The van der Waals surface area contributed by atoms with Crippen LogP contribution in [0.1, 0.15) is 51.9 Å². The lowest BCUT2D eigenvalue weighted by atomic mass is 10.1. The molecule has 2 fully saturated rings. The zero-order valence-electron chi connectivity index (χ0n) is 11.4. The fourth-order valence-corrected chi connectivity index (χ4v) is 2.77. The van der Waals surface area contributed by atoms with Gasteiger partial charge in [0, 0.05) is 19.2 Å². The maximum absolute atomic E-state index is 12.0. The van der Waals surface area contributed by atoms with Crippen LogP contribution in [-0.2, 0) is 9.53 Å². The molecular weight excluding hydrogens is 228 g/mol.